The predicted octanol–water partition coefficient (Wildman–Crippen LogP) is 4.83. The Hall–Kier alpha value is -2.40. The molecule has 4 rings (SSSR count). The third-order valence-electron chi connectivity index (χ3n) is 4.90. The van der Waals surface area contributed by atoms with Gasteiger partial charge in [0.2, 0.25) is 5.95 Å². The molecule has 0 amide bonds. The average molecular weight is 357 g/mol. The van der Waals surface area contributed by atoms with E-state index in [0.29, 0.717) is 23.0 Å². The van der Waals surface area contributed by atoms with Crippen LogP contribution in [0.3, 0.4) is 0 Å². The highest BCUT2D eigenvalue weighted by atomic mass is 35.5. The predicted molar refractivity (Wildman–Crippen MR) is 96.5 cm³/mol. The Balaban J connectivity index is 1.79. The van der Waals surface area contributed by atoms with Crippen molar-refractivity contribution in [2.45, 2.75) is 32.4 Å². The summed E-state index contributed by atoms with van der Waals surface area (Å²) in [6, 6.07) is 10.8. The molecule has 1 aliphatic rings. The fraction of sp³-hybridized carbons (Fsp3) is 0.263. The second kappa shape index (κ2) is 6.15. The second-order valence-corrected chi connectivity index (χ2v) is 6.86. The van der Waals surface area contributed by atoms with E-state index in [2.05, 4.69) is 47.4 Å². The van der Waals surface area contributed by atoms with E-state index in [1.807, 2.05) is 0 Å². The quantitative estimate of drug-likeness (QED) is 0.714. The van der Waals surface area contributed by atoms with Crippen LogP contribution in [0.4, 0.5) is 10.3 Å². The largest absolute Gasteiger partial charge is 0.348 e. The molecular formula is C19H18ClFN4. The van der Waals surface area contributed by atoms with E-state index in [-0.39, 0.29) is 17.9 Å². The van der Waals surface area contributed by atoms with E-state index in [0.717, 1.165) is 5.56 Å². The smallest absolute Gasteiger partial charge is 0.222 e. The summed E-state index contributed by atoms with van der Waals surface area (Å²) in [6.07, 6.45) is 2.12. The molecule has 0 spiro atoms. The number of fused-ring (bicyclic) bond motifs is 1. The number of hydrogen-bond acceptors (Lipinski definition) is 3. The van der Waals surface area contributed by atoms with Crippen molar-refractivity contribution in [3.05, 3.63) is 75.8 Å². The molecule has 25 heavy (non-hydrogen) atoms. The Morgan fingerprint density at radius 1 is 1.20 bits per heavy atom. The van der Waals surface area contributed by atoms with Crippen molar-refractivity contribution in [3.63, 3.8) is 0 Å². The van der Waals surface area contributed by atoms with Gasteiger partial charge in [0, 0.05) is 10.6 Å². The molecule has 2 unspecified atom stereocenters. The Labute approximate surface area is 150 Å². The van der Waals surface area contributed by atoms with Crippen molar-refractivity contribution in [2.24, 2.45) is 0 Å². The van der Waals surface area contributed by atoms with E-state index >= 15 is 0 Å². The highest BCUT2D eigenvalue weighted by Crippen LogP contribution is 2.40. The molecule has 2 aromatic carbocycles. The Morgan fingerprint density at radius 3 is 2.80 bits per heavy atom. The Bertz CT molecular complexity index is 917. The normalized spacial score (nSPS) is 19.4. The van der Waals surface area contributed by atoms with Crippen LogP contribution in [-0.2, 0) is 0 Å². The van der Waals surface area contributed by atoms with Crippen molar-refractivity contribution < 1.29 is 4.39 Å². The zero-order chi connectivity index (χ0) is 17.6. The van der Waals surface area contributed by atoms with Gasteiger partial charge in [-0.1, -0.05) is 35.9 Å². The van der Waals surface area contributed by atoms with Gasteiger partial charge in [0.1, 0.15) is 12.1 Å². The van der Waals surface area contributed by atoms with Gasteiger partial charge in [-0.3, -0.25) is 0 Å². The Kier molecular flexibility index (Phi) is 3.96. The van der Waals surface area contributed by atoms with Crippen LogP contribution >= 0.6 is 11.6 Å². The highest BCUT2D eigenvalue weighted by Gasteiger charge is 2.32. The zero-order valence-electron chi connectivity index (χ0n) is 14.0. The first kappa shape index (κ1) is 16.1. The van der Waals surface area contributed by atoms with Gasteiger partial charge < -0.3 is 5.32 Å². The molecule has 0 fully saturated rings. The van der Waals surface area contributed by atoms with Gasteiger partial charge in [-0.2, -0.15) is 10.1 Å². The van der Waals surface area contributed by atoms with Crippen LogP contribution in [0, 0.1) is 19.7 Å². The van der Waals surface area contributed by atoms with Crippen LogP contribution in [0.5, 0.6) is 0 Å². The van der Waals surface area contributed by atoms with Gasteiger partial charge in [-0.05, 0) is 49.1 Å². The molecule has 1 aliphatic heterocycles. The first-order valence-corrected chi connectivity index (χ1v) is 8.59. The van der Waals surface area contributed by atoms with E-state index in [1.165, 1.54) is 23.5 Å². The summed E-state index contributed by atoms with van der Waals surface area (Å²) < 4.78 is 16.2. The minimum atomic E-state index is -0.320. The molecule has 1 N–H and O–H groups in total. The van der Waals surface area contributed by atoms with Crippen molar-refractivity contribution in [1.29, 1.82) is 0 Å². The topological polar surface area (TPSA) is 42.7 Å². The minimum absolute atomic E-state index is 0.0108. The monoisotopic (exact) mass is 356 g/mol. The standard InChI is InChI=1S/C19H18ClFN4/c1-11-6-7-13(8-12(11)2)16-9-17(25-19(24-16)22-10-23-25)18-14(20)4-3-5-15(18)21/h3-8,10,16-17H,9H2,1-2H3,(H,22,23,24). The van der Waals surface area contributed by atoms with E-state index < -0.39 is 0 Å². The number of aromatic nitrogens is 3. The van der Waals surface area contributed by atoms with Gasteiger partial charge in [-0.15, -0.1) is 0 Å². The van der Waals surface area contributed by atoms with Gasteiger partial charge in [0.15, 0.2) is 0 Å². The fourth-order valence-electron chi connectivity index (χ4n) is 3.39. The molecule has 2 heterocycles. The first-order chi connectivity index (χ1) is 12.0. The summed E-state index contributed by atoms with van der Waals surface area (Å²) in [5.41, 5.74) is 4.09. The van der Waals surface area contributed by atoms with Gasteiger partial charge >= 0.3 is 0 Å². The van der Waals surface area contributed by atoms with Crippen molar-refractivity contribution >= 4 is 17.5 Å². The van der Waals surface area contributed by atoms with Gasteiger partial charge in [-0.25, -0.2) is 9.07 Å². The maximum absolute atomic E-state index is 14.5. The number of nitrogens with one attached hydrogen (secondary N) is 1. The number of anilines is 1. The lowest BCUT2D eigenvalue weighted by atomic mass is 9.91. The molecule has 2 atom stereocenters. The van der Waals surface area contributed by atoms with Crippen LogP contribution < -0.4 is 5.32 Å². The second-order valence-electron chi connectivity index (χ2n) is 6.46. The van der Waals surface area contributed by atoms with E-state index in [9.17, 15) is 4.39 Å². The molecular weight excluding hydrogens is 339 g/mol. The number of nitrogens with zero attached hydrogens (tertiary/aromatic N) is 3. The summed E-state index contributed by atoms with van der Waals surface area (Å²) in [5.74, 6) is 0.304. The van der Waals surface area contributed by atoms with Crippen LogP contribution in [-0.4, -0.2) is 14.8 Å². The van der Waals surface area contributed by atoms with Crippen LogP contribution in [0.2, 0.25) is 5.02 Å². The lowest BCUT2D eigenvalue weighted by Gasteiger charge is -2.32. The molecule has 0 saturated heterocycles. The van der Waals surface area contributed by atoms with Crippen LogP contribution in [0.15, 0.2) is 42.7 Å². The molecule has 0 aliphatic carbocycles. The lowest BCUT2D eigenvalue weighted by molar-refractivity contribution is 0.416. The summed E-state index contributed by atoms with van der Waals surface area (Å²) in [4.78, 5) is 4.28. The number of hydrogen-bond donors (Lipinski definition) is 1. The number of rotatable bonds is 2. The van der Waals surface area contributed by atoms with E-state index in [1.54, 1.807) is 16.8 Å². The molecule has 1 aromatic heterocycles. The lowest BCUT2D eigenvalue weighted by Crippen LogP contribution is -2.28. The third kappa shape index (κ3) is 2.78. The van der Waals surface area contributed by atoms with Crippen molar-refractivity contribution in [3.8, 4) is 0 Å². The number of aryl methyl sites for hydroxylation is 2. The third-order valence-corrected chi connectivity index (χ3v) is 5.23. The van der Waals surface area contributed by atoms with Gasteiger partial charge in [0.05, 0.1) is 12.1 Å². The summed E-state index contributed by atoms with van der Waals surface area (Å²) in [5, 5.41) is 8.09. The maximum atomic E-state index is 14.5. The molecule has 4 nitrogen and oxygen atoms in total. The molecule has 3 aromatic rings. The maximum Gasteiger partial charge on any atom is 0.222 e. The van der Waals surface area contributed by atoms with Crippen LogP contribution in [0.25, 0.3) is 0 Å². The van der Waals surface area contributed by atoms with Crippen molar-refractivity contribution in [1.82, 2.24) is 14.8 Å². The summed E-state index contributed by atoms with van der Waals surface area (Å²) >= 11 is 6.31. The molecule has 6 heteroatoms. The average Bonchev–Trinajstić information content (AvgIpc) is 3.05. The van der Waals surface area contributed by atoms with Crippen molar-refractivity contribution in [2.75, 3.05) is 5.32 Å². The SMILES string of the molecule is Cc1ccc(C2CC(c3c(F)cccc3Cl)n3ncnc3N2)cc1C. The number of halogens is 2. The van der Waals surface area contributed by atoms with Gasteiger partial charge in [0.25, 0.3) is 0 Å². The van der Waals surface area contributed by atoms with E-state index in [4.69, 9.17) is 11.6 Å². The van der Waals surface area contributed by atoms with Crippen LogP contribution in [0.1, 0.15) is 40.8 Å². The molecule has 0 radical (unpaired) electrons. The Morgan fingerprint density at radius 2 is 2.04 bits per heavy atom. The fourth-order valence-corrected chi connectivity index (χ4v) is 3.68. The highest BCUT2D eigenvalue weighted by molar-refractivity contribution is 6.31. The molecule has 128 valence electrons. The number of benzene rings is 2. The summed E-state index contributed by atoms with van der Waals surface area (Å²) in [7, 11) is 0. The summed E-state index contributed by atoms with van der Waals surface area (Å²) in [6.45, 7) is 4.18. The minimum Gasteiger partial charge on any atom is -0.348 e. The first-order valence-electron chi connectivity index (χ1n) is 8.21. The molecule has 0 bridgehead atoms. The molecule has 0 saturated carbocycles. The zero-order valence-corrected chi connectivity index (χ0v) is 14.8.